The van der Waals surface area contributed by atoms with Gasteiger partial charge in [0.1, 0.15) is 6.04 Å². The van der Waals surface area contributed by atoms with Gasteiger partial charge in [0.25, 0.3) is 0 Å². The first-order chi connectivity index (χ1) is 9.20. The molecule has 1 aromatic carbocycles. The number of hydrogen-bond acceptors (Lipinski definition) is 3. The summed E-state index contributed by atoms with van der Waals surface area (Å²) in [5.74, 6) is -0.698. The van der Waals surface area contributed by atoms with Crippen molar-refractivity contribution >= 4 is 5.97 Å². The maximum absolute atomic E-state index is 11.2. The van der Waals surface area contributed by atoms with Crippen LogP contribution in [0.3, 0.4) is 0 Å². The van der Waals surface area contributed by atoms with Crippen LogP contribution in [-0.4, -0.2) is 35.7 Å². The molecule has 2 rings (SSSR count). The highest BCUT2D eigenvalue weighted by atomic mass is 16.5. The molecule has 104 valence electrons. The zero-order chi connectivity index (χ0) is 13.7. The Morgan fingerprint density at radius 1 is 1.32 bits per heavy atom. The summed E-state index contributed by atoms with van der Waals surface area (Å²) in [6, 6.07) is 7.87. The number of carboxylic acids is 1. The van der Waals surface area contributed by atoms with Crippen LogP contribution in [0.4, 0.5) is 0 Å². The Bertz CT molecular complexity index is 416. The van der Waals surface area contributed by atoms with Crippen LogP contribution >= 0.6 is 0 Å². The van der Waals surface area contributed by atoms with E-state index < -0.39 is 5.97 Å². The van der Waals surface area contributed by atoms with Gasteiger partial charge in [-0.2, -0.15) is 0 Å². The van der Waals surface area contributed by atoms with Gasteiger partial charge in [0.05, 0.1) is 6.61 Å². The van der Waals surface area contributed by atoms with E-state index in [1.54, 1.807) is 7.11 Å². The molecule has 1 heterocycles. The normalized spacial score (nSPS) is 20.4. The lowest BCUT2D eigenvalue weighted by atomic mass is 10.0. The number of carbonyl (C=O) groups is 1. The lowest BCUT2D eigenvalue weighted by Gasteiger charge is -2.32. The van der Waals surface area contributed by atoms with Crippen molar-refractivity contribution in [3.8, 4) is 0 Å². The molecule has 0 radical (unpaired) electrons. The number of aliphatic carboxylic acids is 1. The second-order valence-corrected chi connectivity index (χ2v) is 5.07. The molecule has 4 nitrogen and oxygen atoms in total. The van der Waals surface area contributed by atoms with Crippen molar-refractivity contribution < 1.29 is 14.6 Å². The number of carboxylic acid groups (broad SMARTS) is 1. The Labute approximate surface area is 114 Å². The summed E-state index contributed by atoms with van der Waals surface area (Å²) >= 11 is 0. The van der Waals surface area contributed by atoms with Crippen molar-refractivity contribution in [2.75, 3.05) is 13.7 Å². The Hall–Kier alpha value is -1.39. The molecule has 0 amide bonds. The van der Waals surface area contributed by atoms with Crippen LogP contribution < -0.4 is 0 Å². The summed E-state index contributed by atoms with van der Waals surface area (Å²) in [6.07, 6.45) is 2.86. The standard InChI is InChI=1S/C15H21NO3/c1-19-11-13-7-5-12(6-8-13)10-16-9-3-2-4-14(16)15(17)18/h5-8,14H,2-4,9-11H2,1H3,(H,17,18). The van der Waals surface area contributed by atoms with E-state index in [0.717, 1.165) is 36.9 Å². The Kier molecular flexibility index (Phi) is 4.93. The van der Waals surface area contributed by atoms with Gasteiger partial charge in [-0.1, -0.05) is 30.7 Å². The molecule has 19 heavy (non-hydrogen) atoms. The van der Waals surface area contributed by atoms with Crippen molar-refractivity contribution in [2.24, 2.45) is 0 Å². The fourth-order valence-electron chi connectivity index (χ4n) is 2.60. The van der Waals surface area contributed by atoms with E-state index in [9.17, 15) is 9.90 Å². The van der Waals surface area contributed by atoms with Crippen LogP contribution in [0, 0.1) is 0 Å². The quantitative estimate of drug-likeness (QED) is 0.885. The summed E-state index contributed by atoms with van der Waals surface area (Å²) in [6.45, 7) is 2.20. The number of ether oxygens (including phenoxy) is 1. The van der Waals surface area contributed by atoms with Gasteiger partial charge in [0.15, 0.2) is 0 Å². The minimum Gasteiger partial charge on any atom is -0.480 e. The van der Waals surface area contributed by atoms with Crippen molar-refractivity contribution in [1.29, 1.82) is 0 Å². The molecule has 1 aliphatic heterocycles. The molecular formula is C15H21NO3. The SMILES string of the molecule is COCc1ccc(CN2CCCCC2C(=O)O)cc1. The lowest BCUT2D eigenvalue weighted by molar-refractivity contribution is -0.144. The molecule has 1 aromatic rings. The Morgan fingerprint density at radius 2 is 2.00 bits per heavy atom. The first-order valence-corrected chi connectivity index (χ1v) is 6.74. The molecule has 1 aliphatic rings. The van der Waals surface area contributed by atoms with E-state index in [1.165, 1.54) is 0 Å². The Balaban J connectivity index is 2.00. The van der Waals surface area contributed by atoms with Gasteiger partial charge in [-0.25, -0.2) is 0 Å². The molecule has 0 bridgehead atoms. The first-order valence-electron chi connectivity index (χ1n) is 6.74. The van der Waals surface area contributed by atoms with Gasteiger partial charge < -0.3 is 9.84 Å². The average molecular weight is 263 g/mol. The summed E-state index contributed by atoms with van der Waals surface area (Å²) in [4.78, 5) is 13.3. The predicted molar refractivity (Wildman–Crippen MR) is 72.8 cm³/mol. The van der Waals surface area contributed by atoms with Crippen molar-refractivity contribution in [1.82, 2.24) is 4.90 Å². The highest BCUT2D eigenvalue weighted by Crippen LogP contribution is 2.20. The second kappa shape index (κ2) is 6.68. The van der Waals surface area contributed by atoms with Crippen molar-refractivity contribution in [2.45, 2.75) is 38.5 Å². The summed E-state index contributed by atoms with van der Waals surface area (Å²) < 4.78 is 5.08. The third-order valence-electron chi connectivity index (χ3n) is 3.62. The van der Waals surface area contributed by atoms with Gasteiger partial charge in [-0.3, -0.25) is 9.69 Å². The smallest absolute Gasteiger partial charge is 0.320 e. The molecule has 0 spiro atoms. The minimum atomic E-state index is -0.698. The molecule has 0 aliphatic carbocycles. The predicted octanol–water partition coefficient (Wildman–Crippen LogP) is 2.27. The fourth-order valence-corrected chi connectivity index (χ4v) is 2.60. The van der Waals surface area contributed by atoms with Gasteiger partial charge in [0.2, 0.25) is 0 Å². The van der Waals surface area contributed by atoms with Crippen LogP contribution in [0.5, 0.6) is 0 Å². The van der Waals surface area contributed by atoms with E-state index in [0.29, 0.717) is 13.2 Å². The van der Waals surface area contributed by atoms with Crippen LogP contribution in [0.2, 0.25) is 0 Å². The monoisotopic (exact) mass is 263 g/mol. The summed E-state index contributed by atoms with van der Waals surface area (Å²) in [7, 11) is 1.68. The number of likely N-dealkylation sites (tertiary alicyclic amines) is 1. The number of nitrogens with zero attached hydrogens (tertiary/aromatic N) is 1. The van der Waals surface area contributed by atoms with E-state index in [-0.39, 0.29) is 6.04 Å². The third kappa shape index (κ3) is 3.78. The molecule has 1 saturated heterocycles. The summed E-state index contributed by atoms with van der Waals surface area (Å²) in [5.41, 5.74) is 2.30. The van der Waals surface area contributed by atoms with Gasteiger partial charge in [0, 0.05) is 13.7 Å². The zero-order valence-electron chi connectivity index (χ0n) is 11.3. The molecule has 1 fully saturated rings. The van der Waals surface area contributed by atoms with E-state index in [1.807, 2.05) is 12.1 Å². The maximum atomic E-state index is 11.2. The van der Waals surface area contributed by atoms with Gasteiger partial charge in [-0.05, 0) is 30.5 Å². The maximum Gasteiger partial charge on any atom is 0.320 e. The zero-order valence-corrected chi connectivity index (χ0v) is 11.3. The molecule has 1 N–H and O–H groups in total. The first kappa shape index (κ1) is 14.0. The minimum absolute atomic E-state index is 0.326. The summed E-state index contributed by atoms with van der Waals surface area (Å²) in [5, 5.41) is 9.24. The molecule has 0 aromatic heterocycles. The topological polar surface area (TPSA) is 49.8 Å². The second-order valence-electron chi connectivity index (χ2n) is 5.07. The van der Waals surface area contributed by atoms with Crippen molar-refractivity contribution in [3.63, 3.8) is 0 Å². The van der Waals surface area contributed by atoms with Gasteiger partial charge >= 0.3 is 5.97 Å². The number of benzene rings is 1. The number of piperidine rings is 1. The fraction of sp³-hybridized carbons (Fsp3) is 0.533. The molecule has 0 saturated carbocycles. The highest BCUT2D eigenvalue weighted by molar-refractivity contribution is 5.73. The molecule has 4 heteroatoms. The number of rotatable bonds is 5. The molecular weight excluding hydrogens is 242 g/mol. The van der Waals surface area contributed by atoms with Gasteiger partial charge in [-0.15, -0.1) is 0 Å². The van der Waals surface area contributed by atoms with Crippen molar-refractivity contribution in [3.05, 3.63) is 35.4 Å². The average Bonchev–Trinajstić information content (AvgIpc) is 2.42. The van der Waals surface area contributed by atoms with Crippen LogP contribution in [-0.2, 0) is 22.7 Å². The molecule has 1 atom stereocenters. The van der Waals surface area contributed by atoms with E-state index in [2.05, 4.69) is 17.0 Å². The third-order valence-corrected chi connectivity index (χ3v) is 3.62. The highest BCUT2D eigenvalue weighted by Gasteiger charge is 2.28. The largest absolute Gasteiger partial charge is 0.480 e. The van der Waals surface area contributed by atoms with Crippen LogP contribution in [0.15, 0.2) is 24.3 Å². The van der Waals surface area contributed by atoms with E-state index >= 15 is 0 Å². The number of methoxy groups -OCH3 is 1. The van der Waals surface area contributed by atoms with Crippen LogP contribution in [0.1, 0.15) is 30.4 Å². The Morgan fingerprint density at radius 3 is 2.63 bits per heavy atom. The molecule has 1 unspecified atom stereocenters. The number of hydrogen-bond donors (Lipinski definition) is 1. The van der Waals surface area contributed by atoms with E-state index in [4.69, 9.17) is 4.74 Å². The lowest BCUT2D eigenvalue weighted by Crippen LogP contribution is -2.43. The van der Waals surface area contributed by atoms with Crippen LogP contribution in [0.25, 0.3) is 0 Å².